The number of carboxylic acid groups (broad SMARTS) is 1. The van der Waals surface area contributed by atoms with Gasteiger partial charge in [-0.2, -0.15) is 0 Å². The number of hydrogen-bond acceptors (Lipinski definition) is 4. The molecule has 0 saturated carbocycles. The van der Waals surface area contributed by atoms with Crippen LogP contribution in [0.1, 0.15) is 28.6 Å². The second-order valence-corrected chi connectivity index (χ2v) is 8.33. The molecule has 2 heterocycles. The van der Waals surface area contributed by atoms with Crippen molar-refractivity contribution in [3.05, 3.63) is 46.8 Å². The number of fused-ring (bicyclic) bond motifs is 1. The number of carboxylic acids is 1. The van der Waals surface area contributed by atoms with Crippen LogP contribution in [0.15, 0.2) is 29.2 Å². The van der Waals surface area contributed by atoms with Crippen LogP contribution in [0.2, 0.25) is 0 Å². The second kappa shape index (κ2) is 8.46. The zero-order valence-corrected chi connectivity index (χ0v) is 17.4. The quantitative estimate of drug-likeness (QED) is 0.764. The van der Waals surface area contributed by atoms with Gasteiger partial charge in [-0.1, -0.05) is 0 Å². The van der Waals surface area contributed by atoms with E-state index in [1.807, 2.05) is 49.3 Å². The fourth-order valence-electron chi connectivity index (χ4n) is 3.73. The van der Waals surface area contributed by atoms with Crippen LogP contribution in [0.5, 0.6) is 5.75 Å². The molecule has 2 atom stereocenters. The second-order valence-electron chi connectivity index (χ2n) is 6.96. The summed E-state index contributed by atoms with van der Waals surface area (Å²) in [7, 11) is 0.204. The molecule has 0 amide bonds. The van der Waals surface area contributed by atoms with Gasteiger partial charge in [-0.3, -0.25) is 0 Å². The Labute approximate surface area is 167 Å². The van der Waals surface area contributed by atoms with E-state index in [1.165, 1.54) is 0 Å². The minimum absolute atomic E-state index is 0.162. The lowest BCUT2D eigenvalue weighted by Crippen LogP contribution is -2.42. The zero-order valence-electron chi connectivity index (χ0n) is 16.6. The molecule has 1 aromatic heterocycles. The Bertz CT molecular complexity index is 885. The minimum Gasteiger partial charge on any atom is -0.497 e. The molecule has 1 aliphatic rings. The number of aryl methyl sites for hydroxylation is 3. The summed E-state index contributed by atoms with van der Waals surface area (Å²) >= 11 is 0. The van der Waals surface area contributed by atoms with E-state index in [0.717, 1.165) is 39.7 Å². The number of benzene rings is 1. The van der Waals surface area contributed by atoms with E-state index >= 15 is 0 Å². The van der Waals surface area contributed by atoms with Gasteiger partial charge in [0.2, 0.25) is 0 Å². The number of aromatic nitrogens is 1. The van der Waals surface area contributed by atoms with Crippen molar-refractivity contribution in [2.24, 2.45) is 0 Å². The molecule has 0 radical (unpaired) electrons. The number of methoxy groups -OCH3 is 1. The van der Waals surface area contributed by atoms with E-state index in [0.29, 0.717) is 6.54 Å². The predicted molar refractivity (Wildman–Crippen MR) is 106 cm³/mol. The summed E-state index contributed by atoms with van der Waals surface area (Å²) in [5.74, 6) is -0.280. The summed E-state index contributed by atoms with van der Waals surface area (Å²) in [6.07, 6.45) is 0. The first-order valence-corrected chi connectivity index (χ1v) is 10.2. The third kappa shape index (κ3) is 3.99. The standard InChI is InChI=1S/C20H26N2O5S/c1-13-9-16(26-4)10-14(2)20(13)28(25)22-8-7-21-15(3)5-6-17(21)18(22)11-27-12-19(23)24/h5-6,9-10,18H,7-8,11-12H2,1-4H3,(H,23,24). The van der Waals surface area contributed by atoms with Crippen LogP contribution in [0.4, 0.5) is 0 Å². The van der Waals surface area contributed by atoms with E-state index in [2.05, 4.69) is 4.57 Å². The number of rotatable bonds is 7. The average Bonchev–Trinajstić information content (AvgIpc) is 3.02. The van der Waals surface area contributed by atoms with Crippen LogP contribution in [-0.4, -0.2) is 51.0 Å². The topological polar surface area (TPSA) is 81.0 Å². The van der Waals surface area contributed by atoms with Crippen molar-refractivity contribution in [3.8, 4) is 5.75 Å². The maximum absolute atomic E-state index is 13.6. The first kappa shape index (κ1) is 20.6. The van der Waals surface area contributed by atoms with E-state index in [-0.39, 0.29) is 19.3 Å². The van der Waals surface area contributed by atoms with Crippen molar-refractivity contribution in [3.63, 3.8) is 0 Å². The normalized spacial score (nSPS) is 17.9. The average molecular weight is 407 g/mol. The van der Waals surface area contributed by atoms with Crippen molar-refractivity contribution < 1.29 is 23.6 Å². The molecule has 0 aliphatic carbocycles. The van der Waals surface area contributed by atoms with Crippen LogP contribution in [-0.2, 0) is 27.1 Å². The lowest BCUT2D eigenvalue weighted by molar-refractivity contribution is -0.142. The monoisotopic (exact) mass is 406 g/mol. The van der Waals surface area contributed by atoms with E-state index < -0.39 is 17.0 Å². The maximum atomic E-state index is 13.6. The Kier molecular flexibility index (Phi) is 6.22. The van der Waals surface area contributed by atoms with Crippen LogP contribution in [0, 0.1) is 20.8 Å². The summed E-state index contributed by atoms with van der Waals surface area (Å²) in [6, 6.07) is 7.50. The van der Waals surface area contributed by atoms with Crippen molar-refractivity contribution in [2.75, 3.05) is 26.9 Å². The molecule has 2 unspecified atom stereocenters. The zero-order chi connectivity index (χ0) is 20.4. The Balaban J connectivity index is 1.94. The van der Waals surface area contributed by atoms with Crippen LogP contribution in [0.25, 0.3) is 0 Å². The minimum atomic E-state index is -1.41. The van der Waals surface area contributed by atoms with Crippen LogP contribution < -0.4 is 4.74 Å². The van der Waals surface area contributed by atoms with Crippen LogP contribution in [0.3, 0.4) is 0 Å². The molecule has 152 valence electrons. The summed E-state index contributed by atoms with van der Waals surface area (Å²) in [5, 5.41) is 8.90. The highest BCUT2D eigenvalue weighted by Crippen LogP contribution is 2.34. The SMILES string of the molecule is COc1cc(C)c(S(=O)N2CCn3c(C)ccc3C2COCC(=O)O)c(C)c1. The number of carbonyl (C=O) groups is 1. The highest BCUT2D eigenvalue weighted by atomic mass is 32.2. The molecular formula is C20H26N2O5S. The van der Waals surface area contributed by atoms with E-state index in [4.69, 9.17) is 14.6 Å². The Morgan fingerprint density at radius 2 is 1.89 bits per heavy atom. The fraction of sp³-hybridized carbons (Fsp3) is 0.450. The lowest BCUT2D eigenvalue weighted by Gasteiger charge is -2.36. The van der Waals surface area contributed by atoms with E-state index in [1.54, 1.807) is 7.11 Å². The van der Waals surface area contributed by atoms with Gasteiger partial charge in [0, 0.05) is 24.5 Å². The molecule has 3 rings (SSSR count). The van der Waals surface area contributed by atoms with Gasteiger partial charge < -0.3 is 19.1 Å². The van der Waals surface area contributed by atoms with Gasteiger partial charge in [0.1, 0.15) is 23.3 Å². The number of hydrogen-bond donors (Lipinski definition) is 1. The molecule has 2 aromatic rings. The van der Waals surface area contributed by atoms with Crippen molar-refractivity contribution >= 4 is 17.0 Å². The summed E-state index contributed by atoms with van der Waals surface area (Å²) in [6.45, 7) is 6.98. The van der Waals surface area contributed by atoms with Crippen LogP contribution >= 0.6 is 0 Å². The molecule has 0 bridgehead atoms. The molecule has 28 heavy (non-hydrogen) atoms. The number of nitrogens with zero attached hydrogens (tertiary/aromatic N) is 2. The molecule has 0 saturated heterocycles. The van der Waals surface area contributed by atoms with Gasteiger partial charge in [0.25, 0.3) is 0 Å². The van der Waals surface area contributed by atoms with Crippen molar-refractivity contribution in [1.29, 1.82) is 0 Å². The molecule has 0 fully saturated rings. The van der Waals surface area contributed by atoms with Gasteiger partial charge in [0.15, 0.2) is 0 Å². The van der Waals surface area contributed by atoms with Crippen molar-refractivity contribution in [2.45, 2.75) is 38.3 Å². The highest BCUT2D eigenvalue weighted by Gasteiger charge is 2.34. The molecule has 7 nitrogen and oxygen atoms in total. The molecule has 1 N–H and O–H groups in total. The van der Waals surface area contributed by atoms with Crippen molar-refractivity contribution in [1.82, 2.24) is 8.87 Å². The van der Waals surface area contributed by atoms with Gasteiger partial charge in [-0.15, -0.1) is 0 Å². The Morgan fingerprint density at radius 1 is 1.21 bits per heavy atom. The summed E-state index contributed by atoms with van der Waals surface area (Å²) in [5.41, 5.74) is 3.92. The largest absolute Gasteiger partial charge is 0.497 e. The molecule has 8 heteroatoms. The molecule has 1 aromatic carbocycles. The van der Waals surface area contributed by atoms with Gasteiger partial charge in [0.05, 0.1) is 24.7 Å². The Hall–Kier alpha value is -2.16. The first-order valence-electron chi connectivity index (χ1n) is 9.12. The first-order chi connectivity index (χ1) is 13.3. The third-order valence-corrected chi connectivity index (χ3v) is 6.88. The smallest absolute Gasteiger partial charge is 0.329 e. The maximum Gasteiger partial charge on any atom is 0.329 e. The third-order valence-electron chi connectivity index (χ3n) is 5.02. The fourth-order valence-corrected chi connectivity index (χ4v) is 5.28. The molecule has 1 aliphatic heterocycles. The van der Waals surface area contributed by atoms with Gasteiger partial charge >= 0.3 is 5.97 Å². The van der Waals surface area contributed by atoms with Gasteiger partial charge in [-0.05, 0) is 56.2 Å². The molecular weight excluding hydrogens is 380 g/mol. The highest BCUT2D eigenvalue weighted by molar-refractivity contribution is 7.82. The Morgan fingerprint density at radius 3 is 2.50 bits per heavy atom. The lowest BCUT2D eigenvalue weighted by atomic mass is 10.1. The summed E-state index contributed by atoms with van der Waals surface area (Å²) in [4.78, 5) is 11.6. The summed E-state index contributed by atoms with van der Waals surface area (Å²) < 4.78 is 28.4. The number of ether oxygens (including phenoxy) is 2. The molecule has 0 spiro atoms. The van der Waals surface area contributed by atoms with E-state index in [9.17, 15) is 9.00 Å². The number of aliphatic carboxylic acids is 1. The van der Waals surface area contributed by atoms with Gasteiger partial charge in [-0.25, -0.2) is 13.3 Å². The predicted octanol–water partition coefficient (Wildman–Crippen LogP) is 2.60.